The Balaban J connectivity index is 1.46. The molecule has 0 aliphatic heterocycles. The molecule has 2 aliphatic carbocycles. The summed E-state index contributed by atoms with van der Waals surface area (Å²) in [7, 11) is 0. The molecule has 24 heavy (non-hydrogen) atoms. The molecule has 1 atom stereocenters. The molecule has 2 aromatic carbocycles. The molecule has 0 saturated heterocycles. The Hall–Kier alpha value is -2.33. The normalized spacial score (nSPS) is 22.3. The summed E-state index contributed by atoms with van der Waals surface area (Å²) in [5.41, 5.74) is 11.1. The molecule has 0 heterocycles. The molecular weight excluding hydrogens is 298 g/mol. The first-order chi connectivity index (χ1) is 11.6. The van der Waals surface area contributed by atoms with Crippen molar-refractivity contribution in [1.82, 2.24) is 0 Å². The van der Waals surface area contributed by atoms with E-state index in [2.05, 4.69) is 28.5 Å². The van der Waals surface area contributed by atoms with Gasteiger partial charge < -0.3 is 16.2 Å². The number of aliphatic hydroxyl groups is 1. The molecule has 0 amide bonds. The number of nitrogens with two attached hydrogens (primary N) is 1. The van der Waals surface area contributed by atoms with Crippen LogP contribution in [0.2, 0.25) is 0 Å². The summed E-state index contributed by atoms with van der Waals surface area (Å²) in [6.45, 7) is 0.286. The molecule has 4 heteroatoms. The van der Waals surface area contributed by atoms with Crippen molar-refractivity contribution in [1.29, 1.82) is 0 Å². The first-order valence-corrected chi connectivity index (χ1v) is 8.64. The van der Waals surface area contributed by atoms with Crippen LogP contribution in [0.1, 0.15) is 35.1 Å². The average Bonchev–Trinajstić information content (AvgIpc) is 3.18. The Morgan fingerprint density at radius 3 is 2.83 bits per heavy atom. The summed E-state index contributed by atoms with van der Waals surface area (Å²) in [6.07, 6.45) is 5.13. The Morgan fingerprint density at radius 2 is 1.92 bits per heavy atom. The van der Waals surface area contributed by atoms with E-state index >= 15 is 0 Å². The van der Waals surface area contributed by atoms with Crippen LogP contribution in [0.3, 0.4) is 0 Å². The van der Waals surface area contributed by atoms with Crippen LogP contribution >= 0.6 is 0 Å². The lowest BCUT2D eigenvalue weighted by molar-refractivity contribution is 0.0487. The third-order valence-electron chi connectivity index (χ3n) is 5.21. The van der Waals surface area contributed by atoms with Crippen molar-refractivity contribution in [3.63, 3.8) is 0 Å². The van der Waals surface area contributed by atoms with Gasteiger partial charge in [0, 0.05) is 5.69 Å². The summed E-state index contributed by atoms with van der Waals surface area (Å²) in [6, 6.07) is 14.4. The van der Waals surface area contributed by atoms with E-state index in [4.69, 9.17) is 5.73 Å². The molecule has 0 spiro atoms. The smallest absolute Gasteiger partial charge is 0.193 e. The van der Waals surface area contributed by atoms with Crippen LogP contribution in [0.15, 0.2) is 47.5 Å². The highest BCUT2D eigenvalue weighted by Gasteiger charge is 2.36. The standard InChI is InChI=1S/C20H23N3O/c21-19(23-17-9-8-14-5-3-6-16(14)12-17)22-13-20(24)11-10-15-4-1-2-7-18(15)20/h1-2,4,7-9,12,24H,3,5-6,10-11,13H2,(H3,21,22,23). The highest BCUT2D eigenvalue weighted by atomic mass is 16.3. The number of aryl methyl sites for hydroxylation is 3. The number of guanidine groups is 1. The van der Waals surface area contributed by atoms with E-state index in [-0.39, 0.29) is 6.54 Å². The van der Waals surface area contributed by atoms with Crippen LogP contribution in [-0.2, 0) is 24.9 Å². The van der Waals surface area contributed by atoms with E-state index in [1.54, 1.807) is 0 Å². The van der Waals surface area contributed by atoms with Crippen molar-refractivity contribution in [2.45, 2.75) is 37.7 Å². The van der Waals surface area contributed by atoms with Gasteiger partial charge in [-0.05, 0) is 66.5 Å². The third-order valence-corrected chi connectivity index (χ3v) is 5.21. The zero-order valence-corrected chi connectivity index (χ0v) is 13.8. The quantitative estimate of drug-likeness (QED) is 0.601. The fourth-order valence-corrected chi connectivity index (χ4v) is 3.89. The van der Waals surface area contributed by atoms with Gasteiger partial charge in [-0.15, -0.1) is 0 Å². The molecule has 2 aromatic rings. The second kappa shape index (κ2) is 5.95. The van der Waals surface area contributed by atoms with E-state index < -0.39 is 5.60 Å². The van der Waals surface area contributed by atoms with E-state index in [0.29, 0.717) is 12.4 Å². The number of hydrogen-bond acceptors (Lipinski definition) is 2. The molecule has 2 aliphatic rings. The van der Waals surface area contributed by atoms with Crippen LogP contribution in [0.4, 0.5) is 5.69 Å². The minimum atomic E-state index is -0.902. The Bertz CT molecular complexity index is 799. The Labute approximate surface area is 142 Å². The molecule has 0 radical (unpaired) electrons. The van der Waals surface area contributed by atoms with E-state index in [1.807, 2.05) is 24.3 Å². The summed E-state index contributed by atoms with van der Waals surface area (Å²) >= 11 is 0. The fourth-order valence-electron chi connectivity index (χ4n) is 3.89. The Morgan fingerprint density at radius 1 is 1.08 bits per heavy atom. The maximum Gasteiger partial charge on any atom is 0.193 e. The van der Waals surface area contributed by atoms with Gasteiger partial charge in [-0.25, -0.2) is 4.99 Å². The third kappa shape index (κ3) is 2.78. The van der Waals surface area contributed by atoms with Crippen molar-refractivity contribution >= 4 is 11.6 Å². The average molecular weight is 321 g/mol. The minimum absolute atomic E-state index is 0.286. The molecule has 4 nitrogen and oxygen atoms in total. The molecule has 4 rings (SSSR count). The van der Waals surface area contributed by atoms with Crippen molar-refractivity contribution in [2.75, 3.05) is 11.9 Å². The zero-order valence-electron chi connectivity index (χ0n) is 13.8. The van der Waals surface area contributed by atoms with Crippen LogP contribution in [0.25, 0.3) is 0 Å². The number of nitrogens with zero attached hydrogens (tertiary/aromatic N) is 1. The first-order valence-electron chi connectivity index (χ1n) is 8.64. The van der Waals surface area contributed by atoms with Gasteiger partial charge in [-0.2, -0.15) is 0 Å². The maximum atomic E-state index is 10.9. The second-order valence-electron chi connectivity index (χ2n) is 6.85. The van der Waals surface area contributed by atoms with Gasteiger partial charge in [0.05, 0.1) is 6.54 Å². The largest absolute Gasteiger partial charge is 0.383 e. The number of fused-ring (bicyclic) bond motifs is 2. The van der Waals surface area contributed by atoms with E-state index in [1.165, 1.54) is 29.5 Å². The highest BCUT2D eigenvalue weighted by molar-refractivity contribution is 5.92. The van der Waals surface area contributed by atoms with Crippen LogP contribution in [-0.4, -0.2) is 17.6 Å². The molecule has 0 bridgehead atoms. The molecule has 124 valence electrons. The molecular formula is C20H23N3O. The molecule has 4 N–H and O–H groups in total. The lowest BCUT2D eigenvalue weighted by Crippen LogP contribution is -2.30. The summed E-state index contributed by atoms with van der Waals surface area (Å²) in [5.74, 6) is 0.353. The summed E-state index contributed by atoms with van der Waals surface area (Å²) in [5, 5.41) is 14.0. The van der Waals surface area contributed by atoms with Gasteiger partial charge in [-0.3, -0.25) is 0 Å². The number of anilines is 1. The lowest BCUT2D eigenvalue weighted by atomic mass is 9.96. The lowest BCUT2D eigenvalue weighted by Gasteiger charge is -2.22. The fraction of sp³-hybridized carbons (Fsp3) is 0.350. The van der Waals surface area contributed by atoms with E-state index in [9.17, 15) is 5.11 Å². The first kappa shape index (κ1) is 15.2. The maximum absolute atomic E-state index is 10.9. The number of benzene rings is 2. The number of nitrogens with one attached hydrogen (secondary N) is 1. The zero-order chi connectivity index (χ0) is 16.6. The number of aliphatic imine (C=N–C) groups is 1. The van der Waals surface area contributed by atoms with Gasteiger partial charge in [0.25, 0.3) is 0 Å². The predicted molar refractivity (Wildman–Crippen MR) is 97.2 cm³/mol. The van der Waals surface area contributed by atoms with Crippen molar-refractivity contribution in [3.8, 4) is 0 Å². The summed E-state index contributed by atoms with van der Waals surface area (Å²) < 4.78 is 0. The predicted octanol–water partition coefficient (Wildman–Crippen LogP) is 2.74. The Kier molecular flexibility index (Phi) is 3.77. The minimum Gasteiger partial charge on any atom is -0.383 e. The highest BCUT2D eigenvalue weighted by Crippen LogP contribution is 2.36. The second-order valence-corrected chi connectivity index (χ2v) is 6.85. The monoisotopic (exact) mass is 321 g/mol. The van der Waals surface area contributed by atoms with Crippen LogP contribution in [0, 0.1) is 0 Å². The van der Waals surface area contributed by atoms with Crippen LogP contribution < -0.4 is 11.1 Å². The SMILES string of the molecule is NC(=NCC1(O)CCc2ccccc21)Nc1ccc2c(c1)CCC2. The van der Waals surface area contributed by atoms with Crippen molar-refractivity contribution < 1.29 is 5.11 Å². The summed E-state index contributed by atoms with van der Waals surface area (Å²) in [4.78, 5) is 4.40. The van der Waals surface area contributed by atoms with Gasteiger partial charge in [0.1, 0.15) is 5.60 Å². The van der Waals surface area contributed by atoms with Gasteiger partial charge in [0.2, 0.25) is 0 Å². The van der Waals surface area contributed by atoms with Crippen LogP contribution in [0.5, 0.6) is 0 Å². The molecule has 0 saturated carbocycles. The molecule has 0 aromatic heterocycles. The molecule has 0 fully saturated rings. The topological polar surface area (TPSA) is 70.6 Å². The van der Waals surface area contributed by atoms with Crippen molar-refractivity contribution in [2.24, 2.45) is 10.7 Å². The van der Waals surface area contributed by atoms with E-state index in [0.717, 1.165) is 24.1 Å². The van der Waals surface area contributed by atoms with Gasteiger partial charge in [-0.1, -0.05) is 30.3 Å². The number of hydrogen-bond donors (Lipinski definition) is 3. The van der Waals surface area contributed by atoms with Gasteiger partial charge in [0.15, 0.2) is 5.96 Å². The van der Waals surface area contributed by atoms with Gasteiger partial charge >= 0.3 is 0 Å². The number of rotatable bonds is 3. The van der Waals surface area contributed by atoms with Crippen molar-refractivity contribution in [3.05, 3.63) is 64.7 Å². The molecule has 1 unspecified atom stereocenters.